The second-order valence-corrected chi connectivity index (χ2v) is 8.45. The number of amides is 2. The molecular formula is C23H19BrN4O2S. The molecule has 0 aliphatic carbocycles. The van der Waals surface area contributed by atoms with Gasteiger partial charge in [0.05, 0.1) is 5.69 Å². The molecule has 0 spiro atoms. The maximum atomic E-state index is 13.2. The van der Waals surface area contributed by atoms with Crippen LogP contribution < -0.4 is 15.1 Å². The first-order chi connectivity index (χ1) is 14.8. The molecule has 4 rings (SSSR count). The van der Waals surface area contributed by atoms with Gasteiger partial charge in [-0.05, 0) is 79.0 Å². The molecule has 1 fully saturated rings. The van der Waals surface area contributed by atoms with Gasteiger partial charge in [0.25, 0.3) is 11.8 Å². The number of nitrogens with one attached hydrogen (secondary N) is 1. The highest BCUT2D eigenvalue weighted by molar-refractivity contribution is 9.10. The first kappa shape index (κ1) is 21.0. The van der Waals surface area contributed by atoms with Crippen LogP contribution in [0, 0.1) is 0 Å². The maximum absolute atomic E-state index is 13.2. The van der Waals surface area contributed by atoms with E-state index < -0.39 is 11.8 Å². The lowest BCUT2D eigenvalue weighted by Crippen LogP contribution is -2.54. The van der Waals surface area contributed by atoms with Crippen molar-refractivity contribution in [3.05, 3.63) is 82.6 Å². The number of thiocarbonyl (C=S) groups is 1. The van der Waals surface area contributed by atoms with E-state index >= 15 is 0 Å². The number of halogens is 1. The van der Waals surface area contributed by atoms with E-state index in [1.165, 1.54) is 4.90 Å². The number of anilines is 2. The van der Waals surface area contributed by atoms with Crippen LogP contribution in [0.3, 0.4) is 0 Å². The monoisotopic (exact) mass is 494 g/mol. The van der Waals surface area contributed by atoms with Gasteiger partial charge < -0.3 is 9.47 Å². The summed E-state index contributed by atoms with van der Waals surface area (Å²) in [6.45, 7) is 0. The lowest BCUT2D eigenvalue weighted by Gasteiger charge is -2.29. The summed E-state index contributed by atoms with van der Waals surface area (Å²) < 4.78 is 2.80. The van der Waals surface area contributed by atoms with E-state index in [0.29, 0.717) is 11.4 Å². The molecule has 2 aromatic carbocycles. The molecule has 2 amide bonds. The van der Waals surface area contributed by atoms with Crippen LogP contribution in [0.5, 0.6) is 0 Å². The Bertz CT molecular complexity index is 1200. The molecule has 1 aromatic heterocycles. The SMILES string of the molecule is CN(C)c1ccc(-n2cccc2C=C2C(=O)NC(=S)N(c3ccc(Br)cc3)C2=O)cc1. The Balaban J connectivity index is 1.70. The molecule has 3 aromatic rings. The molecule has 6 nitrogen and oxygen atoms in total. The predicted molar refractivity (Wildman–Crippen MR) is 130 cm³/mol. The van der Waals surface area contributed by atoms with Gasteiger partial charge in [-0.25, -0.2) is 0 Å². The molecule has 0 atom stereocenters. The summed E-state index contributed by atoms with van der Waals surface area (Å²) in [4.78, 5) is 29.2. The first-order valence-electron chi connectivity index (χ1n) is 9.47. The van der Waals surface area contributed by atoms with Gasteiger partial charge in [0.1, 0.15) is 5.57 Å². The molecule has 0 bridgehead atoms. The summed E-state index contributed by atoms with van der Waals surface area (Å²) in [5.74, 6) is -0.981. The Morgan fingerprint density at radius 1 is 0.968 bits per heavy atom. The number of benzene rings is 2. The van der Waals surface area contributed by atoms with E-state index in [9.17, 15) is 9.59 Å². The minimum absolute atomic E-state index is 0.0152. The predicted octanol–water partition coefficient (Wildman–Crippen LogP) is 4.14. The Morgan fingerprint density at radius 3 is 2.26 bits per heavy atom. The van der Waals surface area contributed by atoms with Crippen molar-refractivity contribution in [1.82, 2.24) is 9.88 Å². The van der Waals surface area contributed by atoms with Gasteiger partial charge in [0.15, 0.2) is 5.11 Å². The zero-order chi connectivity index (χ0) is 22.1. The van der Waals surface area contributed by atoms with E-state index in [-0.39, 0.29) is 10.7 Å². The normalized spacial score (nSPS) is 15.4. The second kappa shape index (κ2) is 8.49. The van der Waals surface area contributed by atoms with Crippen LogP contribution >= 0.6 is 28.1 Å². The van der Waals surface area contributed by atoms with Crippen molar-refractivity contribution in [3.63, 3.8) is 0 Å². The van der Waals surface area contributed by atoms with Gasteiger partial charge in [-0.1, -0.05) is 15.9 Å². The Morgan fingerprint density at radius 2 is 1.61 bits per heavy atom. The van der Waals surface area contributed by atoms with Crippen LogP contribution in [-0.4, -0.2) is 35.6 Å². The van der Waals surface area contributed by atoms with Crippen LogP contribution in [0.15, 0.2) is 76.9 Å². The molecule has 2 heterocycles. The van der Waals surface area contributed by atoms with Gasteiger partial charge in [-0.15, -0.1) is 0 Å². The third-order valence-electron chi connectivity index (χ3n) is 4.90. The number of rotatable bonds is 4. The summed E-state index contributed by atoms with van der Waals surface area (Å²) >= 11 is 8.64. The molecule has 1 aliphatic rings. The third-order valence-corrected chi connectivity index (χ3v) is 5.72. The minimum atomic E-state index is -0.515. The molecule has 1 N–H and O–H groups in total. The molecule has 1 saturated heterocycles. The molecule has 0 radical (unpaired) electrons. The van der Waals surface area contributed by atoms with Gasteiger partial charge in [0, 0.05) is 41.8 Å². The summed E-state index contributed by atoms with van der Waals surface area (Å²) in [6, 6.07) is 18.9. The molecule has 156 valence electrons. The van der Waals surface area contributed by atoms with Gasteiger partial charge in [0.2, 0.25) is 0 Å². The van der Waals surface area contributed by atoms with Crippen molar-refractivity contribution in [2.24, 2.45) is 0 Å². The highest BCUT2D eigenvalue weighted by Gasteiger charge is 2.34. The number of hydrogen-bond donors (Lipinski definition) is 1. The molecule has 8 heteroatoms. The lowest BCUT2D eigenvalue weighted by molar-refractivity contribution is -0.122. The van der Waals surface area contributed by atoms with E-state index in [4.69, 9.17) is 12.2 Å². The number of carbonyl (C=O) groups excluding carboxylic acids is 2. The zero-order valence-corrected chi connectivity index (χ0v) is 19.3. The van der Waals surface area contributed by atoms with Crippen LogP contribution in [0.1, 0.15) is 5.69 Å². The maximum Gasteiger partial charge on any atom is 0.270 e. The molecular weight excluding hydrogens is 476 g/mol. The Hall–Kier alpha value is -3.23. The van der Waals surface area contributed by atoms with Gasteiger partial charge >= 0.3 is 0 Å². The summed E-state index contributed by atoms with van der Waals surface area (Å²) in [7, 11) is 3.96. The number of nitrogens with zero attached hydrogens (tertiary/aromatic N) is 3. The topological polar surface area (TPSA) is 57.6 Å². The van der Waals surface area contributed by atoms with Crippen LogP contribution in [0.25, 0.3) is 11.8 Å². The average Bonchev–Trinajstić information content (AvgIpc) is 3.20. The molecule has 31 heavy (non-hydrogen) atoms. The number of carbonyl (C=O) groups is 2. The largest absolute Gasteiger partial charge is 0.378 e. The van der Waals surface area contributed by atoms with Crippen molar-refractivity contribution in [1.29, 1.82) is 0 Å². The van der Waals surface area contributed by atoms with Crippen LogP contribution in [0.2, 0.25) is 0 Å². The highest BCUT2D eigenvalue weighted by Crippen LogP contribution is 2.25. The summed E-state index contributed by atoms with van der Waals surface area (Å²) in [5, 5.41) is 2.68. The standard InChI is InChI=1S/C23H19BrN4O2S/c1-26(2)16-9-11-17(12-10-16)27-13-3-4-19(27)14-20-21(29)25-23(31)28(22(20)30)18-7-5-15(24)6-8-18/h3-14H,1-2H3,(H,25,29,31). The van der Waals surface area contributed by atoms with Gasteiger partial charge in [-0.2, -0.15) is 0 Å². The number of aromatic nitrogens is 1. The second-order valence-electron chi connectivity index (χ2n) is 7.15. The van der Waals surface area contributed by atoms with Crippen molar-refractivity contribution < 1.29 is 9.59 Å². The Labute approximate surface area is 193 Å². The van der Waals surface area contributed by atoms with E-state index in [0.717, 1.165) is 15.8 Å². The fourth-order valence-electron chi connectivity index (χ4n) is 3.29. The van der Waals surface area contributed by atoms with Crippen LogP contribution in [0.4, 0.5) is 11.4 Å². The average molecular weight is 495 g/mol. The third kappa shape index (κ3) is 4.17. The summed E-state index contributed by atoms with van der Waals surface area (Å²) in [5.41, 5.74) is 3.31. The van der Waals surface area contributed by atoms with E-state index in [1.807, 2.05) is 78.3 Å². The lowest BCUT2D eigenvalue weighted by atomic mass is 10.1. The highest BCUT2D eigenvalue weighted by atomic mass is 79.9. The molecule has 0 saturated carbocycles. The quantitative estimate of drug-likeness (QED) is 0.336. The van der Waals surface area contributed by atoms with Crippen molar-refractivity contribution in [3.8, 4) is 5.69 Å². The van der Waals surface area contributed by atoms with E-state index in [2.05, 4.69) is 21.2 Å². The van der Waals surface area contributed by atoms with E-state index in [1.54, 1.807) is 18.2 Å². The van der Waals surface area contributed by atoms with Crippen molar-refractivity contribution >= 4 is 62.5 Å². The fraction of sp³-hybridized carbons (Fsp3) is 0.0870. The number of hydrogen-bond acceptors (Lipinski definition) is 4. The smallest absolute Gasteiger partial charge is 0.270 e. The summed E-state index contributed by atoms with van der Waals surface area (Å²) in [6.07, 6.45) is 3.48. The Kier molecular flexibility index (Phi) is 5.75. The van der Waals surface area contributed by atoms with Crippen molar-refractivity contribution in [2.75, 3.05) is 23.9 Å². The first-order valence-corrected chi connectivity index (χ1v) is 10.7. The molecule has 1 aliphatic heterocycles. The minimum Gasteiger partial charge on any atom is -0.378 e. The zero-order valence-electron chi connectivity index (χ0n) is 16.9. The molecule has 0 unspecified atom stereocenters. The van der Waals surface area contributed by atoms with Gasteiger partial charge in [-0.3, -0.25) is 19.8 Å². The fourth-order valence-corrected chi connectivity index (χ4v) is 3.83. The van der Waals surface area contributed by atoms with Crippen molar-refractivity contribution in [2.45, 2.75) is 0 Å². The van der Waals surface area contributed by atoms with Crippen LogP contribution in [-0.2, 0) is 9.59 Å².